The molecule has 0 saturated heterocycles. The molecule has 0 unspecified atom stereocenters. The fourth-order valence-corrected chi connectivity index (χ4v) is 3.31. The molecule has 27 heavy (non-hydrogen) atoms. The Bertz CT molecular complexity index is 868. The van der Waals surface area contributed by atoms with Crippen LogP contribution in [0.3, 0.4) is 0 Å². The van der Waals surface area contributed by atoms with E-state index in [0.717, 1.165) is 21.3 Å². The lowest BCUT2D eigenvalue weighted by molar-refractivity contribution is 0.190. The first-order valence-electron chi connectivity index (χ1n) is 8.56. The number of benzene rings is 2. The highest BCUT2D eigenvalue weighted by molar-refractivity contribution is 9.10. The van der Waals surface area contributed by atoms with Crippen LogP contribution in [0.25, 0.3) is 0 Å². The first-order chi connectivity index (χ1) is 12.9. The van der Waals surface area contributed by atoms with Gasteiger partial charge in [0, 0.05) is 22.8 Å². The second-order valence-electron chi connectivity index (χ2n) is 6.37. The van der Waals surface area contributed by atoms with Crippen molar-refractivity contribution in [1.29, 1.82) is 0 Å². The summed E-state index contributed by atoms with van der Waals surface area (Å²) in [6, 6.07) is 11.1. The lowest BCUT2D eigenvalue weighted by atomic mass is 10.0. The van der Waals surface area contributed by atoms with Crippen molar-refractivity contribution in [3.8, 4) is 11.5 Å². The van der Waals surface area contributed by atoms with Gasteiger partial charge in [-0.3, -0.25) is 4.90 Å². The number of hydrazone groups is 1. The molecule has 6 nitrogen and oxygen atoms in total. The number of urea groups is 1. The number of carbonyl (C=O) groups is 1. The number of carbonyl (C=O) groups excluding carboxylic acids is 1. The molecule has 7 heteroatoms. The van der Waals surface area contributed by atoms with E-state index in [1.807, 2.05) is 43.3 Å². The topological polar surface area (TPSA) is 54.4 Å². The van der Waals surface area contributed by atoms with Crippen LogP contribution in [0, 0.1) is 0 Å². The smallest absolute Gasteiger partial charge is 0.344 e. The standard InChI is InChI=1S/C20H22BrN3O3/c1-13-9-14-10-18(26-3)19(27-4)11-15(14)12-22-24(13)20(25)23(2)17-7-5-16(21)6-8-17/h5-8,10-13H,9H2,1-4H3/t13-/m1/s1. The molecule has 1 heterocycles. The minimum atomic E-state index is -0.187. The van der Waals surface area contributed by atoms with Crippen LogP contribution in [0.15, 0.2) is 46.0 Å². The second kappa shape index (κ2) is 8.00. The Kier molecular flexibility index (Phi) is 5.70. The molecule has 0 fully saturated rings. The molecular formula is C20H22BrN3O3. The number of amides is 2. The van der Waals surface area contributed by atoms with E-state index in [-0.39, 0.29) is 12.1 Å². The Hall–Kier alpha value is -2.54. The monoisotopic (exact) mass is 431 g/mol. The molecule has 0 spiro atoms. The summed E-state index contributed by atoms with van der Waals surface area (Å²) in [5.41, 5.74) is 2.78. The summed E-state index contributed by atoms with van der Waals surface area (Å²) >= 11 is 3.41. The molecule has 0 bridgehead atoms. The molecule has 1 aliphatic heterocycles. The minimum absolute atomic E-state index is 0.106. The fraction of sp³-hybridized carbons (Fsp3) is 0.300. The molecule has 142 valence electrons. The van der Waals surface area contributed by atoms with E-state index in [2.05, 4.69) is 21.0 Å². The molecule has 2 amide bonds. The van der Waals surface area contributed by atoms with Gasteiger partial charge < -0.3 is 9.47 Å². The van der Waals surface area contributed by atoms with Crippen molar-refractivity contribution in [2.24, 2.45) is 5.10 Å². The number of ether oxygens (including phenoxy) is 2. The van der Waals surface area contributed by atoms with E-state index in [1.54, 1.807) is 32.4 Å². The zero-order valence-corrected chi connectivity index (χ0v) is 17.4. The maximum atomic E-state index is 13.0. The van der Waals surface area contributed by atoms with Crippen molar-refractivity contribution >= 4 is 33.9 Å². The predicted octanol–water partition coefficient (Wildman–Crippen LogP) is 4.30. The number of methoxy groups -OCH3 is 2. The maximum absolute atomic E-state index is 13.0. The average molecular weight is 432 g/mol. The van der Waals surface area contributed by atoms with Gasteiger partial charge in [0.15, 0.2) is 11.5 Å². The third-order valence-electron chi connectivity index (χ3n) is 4.60. The highest BCUT2D eigenvalue weighted by Gasteiger charge is 2.27. The van der Waals surface area contributed by atoms with E-state index >= 15 is 0 Å². The highest BCUT2D eigenvalue weighted by atomic mass is 79.9. The van der Waals surface area contributed by atoms with Crippen LogP contribution < -0.4 is 14.4 Å². The van der Waals surface area contributed by atoms with Gasteiger partial charge in [-0.15, -0.1) is 0 Å². The molecule has 0 aliphatic carbocycles. The van der Waals surface area contributed by atoms with Crippen LogP contribution in [-0.2, 0) is 6.42 Å². The maximum Gasteiger partial charge on any atom is 0.344 e. The zero-order valence-electron chi connectivity index (χ0n) is 15.8. The SMILES string of the molecule is COc1cc2c(cc1OC)C[C@@H](C)N(C(=O)N(C)c1ccc(Br)cc1)N=C2. The van der Waals surface area contributed by atoms with Gasteiger partial charge in [0.05, 0.1) is 26.5 Å². The van der Waals surface area contributed by atoms with Gasteiger partial charge in [0.25, 0.3) is 0 Å². The quantitative estimate of drug-likeness (QED) is 0.727. The summed E-state index contributed by atoms with van der Waals surface area (Å²) in [6.45, 7) is 1.98. The van der Waals surface area contributed by atoms with E-state index in [0.29, 0.717) is 17.9 Å². The lowest BCUT2D eigenvalue weighted by Gasteiger charge is -2.28. The molecule has 0 aromatic heterocycles. The third-order valence-corrected chi connectivity index (χ3v) is 5.12. The molecule has 2 aromatic carbocycles. The van der Waals surface area contributed by atoms with Crippen LogP contribution in [0.5, 0.6) is 11.5 Å². The molecule has 0 saturated carbocycles. The third kappa shape index (κ3) is 3.93. The van der Waals surface area contributed by atoms with Crippen molar-refractivity contribution in [2.75, 3.05) is 26.2 Å². The van der Waals surface area contributed by atoms with Crippen molar-refractivity contribution in [1.82, 2.24) is 5.01 Å². The van der Waals surface area contributed by atoms with Gasteiger partial charge in [0.2, 0.25) is 0 Å². The highest BCUT2D eigenvalue weighted by Crippen LogP contribution is 2.32. The van der Waals surface area contributed by atoms with E-state index in [4.69, 9.17) is 9.47 Å². The molecule has 0 N–H and O–H groups in total. The summed E-state index contributed by atoms with van der Waals surface area (Å²) in [7, 11) is 4.96. The summed E-state index contributed by atoms with van der Waals surface area (Å²) < 4.78 is 11.7. The van der Waals surface area contributed by atoms with Crippen molar-refractivity contribution < 1.29 is 14.3 Å². The first-order valence-corrected chi connectivity index (χ1v) is 9.35. The number of hydrogen-bond acceptors (Lipinski definition) is 4. The van der Waals surface area contributed by atoms with Gasteiger partial charge >= 0.3 is 6.03 Å². The number of halogens is 1. The first kappa shape index (κ1) is 19.2. The van der Waals surface area contributed by atoms with E-state index in [1.165, 1.54) is 5.01 Å². The molecule has 3 rings (SSSR count). The Labute approximate surface area is 167 Å². The van der Waals surface area contributed by atoms with Crippen molar-refractivity contribution in [2.45, 2.75) is 19.4 Å². The molecular weight excluding hydrogens is 410 g/mol. The molecule has 1 atom stereocenters. The molecule has 0 radical (unpaired) electrons. The van der Waals surface area contributed by atoms with Crippen LogP contribution in [0.4, 0.5) is 10.5 Å². The van der Waals surface area contributed by atoms with Crippen LogP contribution in [0.1, 0.15) is 18.1 Å². The van der Waals surface area contributed by atoms with Crippen LogP contribution >= 0.6 is 15.9 Å². The van der Waals surface area contributed by atoms with Crippen molar-refractivity contribution in [3.05, 3.63) is 52.0 Å². The zero-order chi connectivity index (χ0) is 19.6. The fourth-order valence-electron chi connectivity index (χ4n) is 3.04. The summed E-state index contributed by atoms with van der Waals surface area (Å²) in [6.07, 6.45) is 2.36. The second-order valence-corrected chi connectivity index (χ2v) is 7.28. The normalized spacial score (nSPS) is 15.7. The van der Waals surface area contributed by atoms with Crippen LogP contribution in [-0.4, -0.2) is 44.6 Å². The largest absolute Gasteiger partial charge is 0.493 e. The Morgan fingerprint density at radius 1 is 1.19 bits per heavy atom. The van der Waals surface area contributed by atoms with Gasteiger partial charge in [0.1, 0.15) is 0 Å². The summed E-state index contributed by atoms with van der Waals surface area (Å²) in [5.74, 6) is 1.31. The Morgan fingerprint density at radius 2 is 1.81 bits per heavy atom. The predicted molar refractivity (Wildman–Crippen MR) is 110 cm³/mol. The number of hydrogen-bond donors (Lipinski definition) is 0. The van der Waals surface area contributed by atoms with E-state index < -0.39 is 0 Å². The lowest BCUT2D eigenvalue weighted by Crippen LogP contribution is -2.43. The van der Waals surface area contributed by atoms with E-state index in [9.17, 15) is 4.79 Å². The summed E-state index contributed by atoms with van der Waals surface area (Å²) in [5, 5.41) is 5.97. The van der Waals surface area contributed by atoms with Gasteiger partial charge in [-0.2, -0.15) is 5.10 Å². The molecule has 2 aromatic rings. The van der Waals surface area contributed by atoms with Crippen molar-refractivity contribution in [3.63, 3.8) is 0 Å². The number of nitrogens with zero attached hydrogens (tertiary/aromatic N) is 3. The Balaban J connectivity index is 1.87. The Morgan fingerprint density at radius 3 is 2.44 bits per heavy atom. The van der Waals surface area contributed by atoms with Gasteiger partial charge in [-0.05, 0) is 55.3 Å². The minimum Gasteiger partial charge on any atom is -0.493 e. The number of rotatable bonds is 3. The average Bonchev–Trinajstić information content (AvgIpc) is 2.83. The number of fused-ring (bicyclic) bond motifs is 1. The number of anilines is 1. The van der Waals surface area contributed by atoms with Crippen LogP contribution in [0.2, 0.25) is 0 Å². The molecule has 1 aliphatic rings. The van der Waals surface area contributed by atoms with Gasteiger partial charge in [-0.25, -0.2) is 9.80 Å². The van der Waals surface area contributed by atoms with Gasteiger partial charge in [-0.1, -0.05) is 15.9 Å². The summed E-state index contributed by atoms with van der Waals surface area (Å²) in [4.78, 5) is 14.6.